The second-order valence-corrected chi connectivity index (χ2v) is 6.48. The van der Waals surface area contributed by atoms with Crippen LogP contribution in [0.5, 0.6) is 0 Å². The normalized spacial score (nSPS) is 14.7. The number of nitrogens with zero attached hydrogens (tertiary/aromatic N) is 1. The molecule has 21 heavy (non-hydrogen) atoms. The van der Waals surface area contributed by atoms with E-state index in [1.165, 1.54) is 24.8 Å². The minimum atomic E-state index is 0.105. The summed E-state index contributed by atoms with van der Waals surface area (Å²) < 4.78 is 0. The molecule has 0 radical (unpaired) electrons. The molecule has 0 spiro atoms. The zero-order valence-corrected chi connectivity index (χ0v) is 14.7. The maximum atomic E-state index is 6.46. The third kappa shape index (κ3) is 5.28. The molecular weight excluding hydrogens is 280 g/mol. The van der Waals surface area contributed by atoms with Crippen LogP contribution in [0.25, 0.3) is 0 Å². The average Bonchev–Trinajstić information content (AvgIpc) is 2.47. The Kier molecular flexibility index (Phi) is 8.31. The van der Waals surface area contributed by atoms with Crippen molar-refractivity contribution in [2.24, 2.45) is 5.73 Å². The summed E-state index contributed by atoms with van der Waals surface area (Å²) in [4.78, 5) is 2.52. The molecular formula is C18H31ClN2. The highest BCUT2D eigenvalue weighted by molar-refractivity contribution is 6.31. The number of hydrogen-bond acceptors (Lipinski definition) is 2. The Morgan fingerprint density at radius 1 is 1.14 bits per heavy atom. The molecule has 0 saturated heterocycles. The van der Waals surface area contributed by atoms with Gasteiger partial charge >= 0.3 is 0 Å². The maximum absolute atomic E-state index is 6.46. The van der Waals surface area contributed by atoms with Gasteiger partial charge in [0.05, 0.1) is 6.04 Å². The Bertz CT molecular complexity index is 406. The molecule has 2 atom stereocenters. The monoisotopic (exact) mass is 310 g/mol. The number of rotatable bonds is 9. The van der Waals surface area contributed by atoms with Crippen LogP contribution in [0.1, 0.15) is 65.0 Å². The summed E-state index contributed by atoms with van der Waals surface area (Å²) in [7, 11) is 0. The van der Waals surface area contributed by atoms with E-state index in [-0.39, 0.29) is 12.1 Å². The molecule has 0 heterocycles. The molecule has 1 rings (SSSR count). The van der Waals surface area contributed by atoms with Crippen LogP contribution in [-0.4, -0.2) is 23.5 Å². The van der Waals surface area contributed by atoms with E-state index in [4.69, 9.17) is 17.3 Å². The van der Waals surface area contributed by atoms with Crippen LogP contribution in [-0.2, 0) is 0 Å². The Balaban J connectivity index is 3.06. The standard InChI is InChI=1S/C18H31ClN2/c1-5-7-10-13-21(14(3)4)18(17(20)6-2)15-11-8-9-12-16(15)19/h8-9,11-12,14,17-18H,5-7,10,13,20H2,1-4H3. The molecule has 3 heteroatoms. The molecule has 0 fully saturated rings. The topological polar surface area (TPSA) is 29.3 Å². The summed E-state index contributed by atoms with van der Waals surface area (Å²) in [5.41, 5.74) is 7.63. The number of unbranched alkanes of at least 4 members (excludes halogenated alkanes) is 2. The summed E-state index contributed by atoms with van der Waals surface area (Å²) in [5.74, 6) is 0. The predicted octanol–water partition coefficient (Wildman–Crippen LogP) is 5.02. The van der Waals surface area contributed by atoms with E-state index in [0.717, 1.165) is 18.0 Å². The SMILES string of the molecule is CCCCCN(C(C)C)C(c1ccccc1Cl)C(N)CC. The van der Waals surface area contributed by atoms with E-state index in [1.807, 2.05) is 12.1 Å². The lowest BCUT2D eigenvalue weighted by Gasteiger charge is -2.39. The molecule has 1 aromatic carbocycles. The Hall–Kier alpha value is -0.570. The van der Waals surface area contributed by atoms with Gasteiger partial charge < -0.3 is 5.73 Å². The van der Waals surface area contributed by atoms with Gasteiger partial charge in [0, 0.05) is 17.1 Å². The highest BCUT2D eigenvalue weighted by Crippen LogP contribution is 2.32. The van der Waals surface area contributed by atoms with Crippen LogP contribution < -0.4 is 5.73 Å². The van der Waals surface area contributed by atoms with Crippen LogP contribution in [0.3, 0.4) is 0 Å². The van der Waals surface area contributed by atoms with Crippen LogP contribution in [0.4, 0.5) is 0 Å². The molecule has 0 amide bonds. The van der Waals surface area contributed by atoms with Gasteiger partial charge in [-0.3, -0.25) is 4.90 Å². The molecule has 2 unspecified atom stereocenters. The fourth-order valence-corrected chi connectivity index (χ4v) is 3.10. The van der Waals surface area contributed by atoms with Gasteiger partial charge in [-0.2, -0.15) is 0 Å². The molecule has 0 saturated carbocycles. The fourth-order valence-electron chi connectivity index (χ4n) is 2.86. The smallest absolute Gasteiger partial charge is 0.0516 e. The molecule has 120 valence electrons. The van der Waals surface area contributed by atoms with Crippen molar-refractivity contribution >= 4 is 11.6 Å². The number of benzene rings is 1. The Morgan fingerprint density at radius 3 is 2.33 bits per heavy atom. The zero-order chi connectivity index (χ0) is 15.8. The van der Waals surface area contributed by atoms with Gasteiger partial charge in [-0.05, 0) is 44.9 Å². The average molecular weight is 311 g/mol. The predicted molar refractivity (Wildman–Crippen MR) is 93.8 cm³/mol. The molecule has 0 aromatic heterocycles. The van der Waals surface area contributed by atoms with E-state index < -0.39 is 0 Å². The number of hydrogen-bond donors (Lipinski definition) is 1. The molecule has 0 aliphatic heterocycles. The van der Waals surface area contributed by atoms with Crippen LogP contribution in [0.15, 0.2) is 24.3 Å². The van der Waals surface area contributed by atoms with E-state index in [9.17, 15) is 0 Å². The third-order valence-electron chi connectivity index (χ3n) is 4.14. The van der Waals surface area contributed by atoms with Crippen LogP contribution >= 0.6 is 11.6 Å². The fraction of sp³-hybridized carbons (Fsp3) is 0.667. The summed E-state index contributed by atoms with van der Waals surface area (Å²) in [6, 6.07) is 8.89. The van der Waals surface area contributed by atoms with Crippen molar-refractivity contribution in [3.63, 3.8) is 0 Å². The first-order valence-corrected chi connectivity index (χ1v) is 8.66. The third-order valence-corrected chi connectivity index (χ3v) is 4.49. The Labute approximate surface area is 135 Å². The first-order chi connectivity index (χ1) is 10.0. The van der Waals surface area contributed by atoms with E-state index in [2.05, 4.69) is 44.7 Å². The minimum absolute atomic E-state index is 0.105. The van der Waals surface area contributed by atoms with Gasteiger partial charge in [0.15, 0.2) is 0 Å². The van der Waals surface area contributed by atoms with E-state index in [0.29, 0.717) is 6.04 Å². The van der Waals surface area contributed by atoms with Gasteiger partial charge in [0.25, 0.3) is 0 Å². The molecule has 2 N–H and O–H groups in total. The van der Waals surface area contributed by atoms with Crippen molar-refractivity contribution in [1.82, 2.24) is 4.90 Å². The summed E-state index contributed by atoms with van der Waals surface area (Å²) in [6.07, 6.45) is 4.67. The van der Waals surface area contributed by atoms with Gasteiger partial charge in [-0.15, -0.1) is 0 Å². The second kappa shape index (κ2) is 9.45. The van der Waals surface area contributed by atoms with Crippen molar-refractivity contribution in [3.8, 4) is 0 Å². The van der Waals surface area contributed by atoms with E-state index in [1.54, 1.807) is 0 Å². The molecule has 1 aromatic rings. The maximum Gasteiger partial charge on any atom is 0.0516 e. The highest BCUT2D eigenvalue weighted by Gasteiger charge is 2.28. The van der Waals surface area contributed by atoms with Gasteiger partial charge in [-0.1, -0.05) is 56.5 Å². The lowest BCUT2D eigenvalue weighted by Crippen LogP contribution is -2.44. The largest absolute Gasteiger partial charge is 0.326 e. The Morgan fingerprint density at radius 2 is 1.81 bits per heavy atom. The highest BCUT2D eigenvalue weighted by atomic mass is 35.5. The summed E-state index contributed by atoms with van der Waals surface area (Å²) in [6.45, 7) is 9.97. The van der Waals surface area contributed by atoms with Crippen molar-refractivity contribution in [3.05, 3.63) is 34.9 Å². The molecule has 0 aliphatic rings. The number of nitrogens with two attached hydrogens (primary N) is 1. The van der Waals surface area contributed by atoms with Crippen molar-refractivity contribution in [2.45, 2.75) is 71.5 Å². The molecule has 2 nitrogen and oxygen atoms in total. The van der Waals surface area contributed by atoms with Crippen molar-refractivity contribution in [1.29, 1.82) is 0 Å². The number of halogens is 1. The van der Waals surface area contributed by atoms with Gasteiger partial charge in [-0.25, -0.2) is 0 Å². The molecule has 0 aliphatic carbocycles. The van der Waals surface area contributed by atoms with Crippen molar-refractivity contribution in [2.75, 3.05) is 6.54 Å². The van der Waals surface area contributed by atoms with E-state index >= 15 is 0 Å². The second-order valence-electron chi connectivity index (χ2n) is 6.08. The van der Waals surface area contributed by atoms with Gasteiger partial charge in [0.1, 0.15) is 0 Å². The summed E-state index contributed by atoms with van der Waals surface area (Å²) >= 11 is 6.45. The van der Waals surface area contributed by atoms with Crippen molar-refractivity contribution < 1.29 is 0 Å². The summed E-state index contributed by atoms with van der Waals surface area (Å²) in [5, 5.41) is 0.826. The zero-order valence-electron chi connectivity index (χ0n) is 14.0. The lowest BCUT2D eigenvalue weighted by molar-refractivity contribution is 0.127. The first-order valence-electron chi connectivity index (χ1n) is 8.28. The first kappa shape index (κ1) is 18.5. The lowest BCUT2D eigenvalue weighted by atomic mass is 9.94. The molecule has 0 bridgehead atoms. The van der Waals surface area contributed by atoms with Crippen LogP contribution in [0.2, 0.25) is 5.02 Å². The van der Waals surface area contributed by atoms with Gasteiger partial charge in [0.2, 0.25) is 0 Å². The quantitative estimate of drug-likeness (QED) is 0.649. The minimum Gasteiger partial charge on any atom is -0.326 e. The van der Waals surface area contributed by atoms with Crippen LogP contribution in [0, 0.1) is 0 Å².